The van der Waals surface area contributed by atoms with Gasteiger partial charge in [-0.25, -0.2) is 0 Å². The van der Waals surface area contributed by atoms with Crippen molar-refractivity contribution in [1.29, 1.82) is 0 Å². The Balaban J connectivity index is 1.92. The fourth-order valence-electron chi connectivity index (χ4n) is 2.78. The molecule has 0 radical (unpaired) electrons. The van der Waals surface area contributed by atoms with Gasteiger partial charge in [-0.1, -0.05) is 13.3 Å². The van der Waals surface area contributed by atoms with E-state index in [1.54, 1.807) is 13.1 Å². The first-order valence-electron chi connectivity index (χ1n) is 7.36. The maximum absolute atomic E-state index is 11.8. The van der Waals surface area contributed by atoms with Gasteiger partial charge in [0.2, 0.25) is 0 Å². The molecular weight excluding hydrogens is 252 g/mol. The summed E-state index contributed by atoms with van der Waals surface area (Å²) in [6.07, 6.45) is 4.83. The minimum atomic E-state index is -0.427. The van der Waals surface area contributed by atoms with Gasteiger partial charge in [0, 0.05) is 25.3 Å². The van der Waals surface area contributed by atoms with E-state index in [0.29, 0.717) is 11.6 Å². The lowest BCUT2D eigenvalue weighted by Gasteiger charge is -2.25. The fraction of sp³-hybridized carbons (Fsp3) is 0.500. The van der Waals surface area contributed by atoms with Crippen molar-refractivity contribution < 1.29 is 9.59 Å². The molecule has 0 atom stereocenters. The second-order valence-electron chi connectivity index (χ2n) is 5.67. The average Bonchev–Trinajstić information content (AvgIpc) is 3.27. The number of nitrogens with zero attached hydrogens (tertiary/aromatic N) is 2. The molecule has 1 amide bonds. The van der Waals surface area contributed by atoms with Crippen LogP contribution >= 0.6 is 0 Å². The predicted octanol–water partition coefficient (Wildman–Crippen LogP) is 2.61. The molecule has 0 aromatic heterocycles. The Kier molecular flexibility index (Phi) is 3.24. The van der Waals surface area contributed by atoms with E-state index >= 15 is 0 Å². The molecule has 0 N–H and O–H groups in total. The van der Waals surface area contributed by atoms with Gasteiger partial charge >= 0.3 is 0 Å². The molecule has 1 heterocycles. The zero-order valence-corrected chi connectivity index (χ0v) is 12.1. The van der Waals surface area contributed by atoms with E-state index in [2.05, 4.69) is 11.8 Å². The molecule has 106 valence electrons. The topological polar surface area (TPSA) is 40.6 Å². The molecule has 0 unspecified atom stereocenters. The third kappa shape index (κ3) is 2.09. The minimum Gasteiger partial charge on any atom is -0.368 e. The number of amides is 1. The van der Waals surface area contributed by atoms with Crippen molar-refractivity contribution >= 4 is 23.1 Å². The Hall–Kier alpha value is -1.84. The molecule has 4 nitrogen and oxygen atoms in total. The Labute approximate surface area is 119 Å². The van der Waals surface area contributed by atoms with Crippen LogP contribution < -0.4 is 9.80 Å². The summed E-state index contributed by atoms with van der Waals surface area (Å²) in [5.41, 5.74) is 2.42. The quantitative estimate of drug-likeness (QED) is 0.774. The number of carbonyl (C=O) groups excluding carboxylic acids is 2. The number of hydrogen-bond donors (Lipinski definition) is 0. The van der Waals surface area contributed by atoms with E-state index in [4.69, 9.17) is 0 Å². The number of anilines is 2. The molecule has 0 saturated heterocycles. The maximum atomic E-state index is 11.8. The van der Waals surface area contributed by atoms with Crippen LogP contribution in [0.5, 0.6) is 0 Å². The molecule has 0 bridgehead atoms. The molecule has 1 saturated carbocycles. The van der Waals surface area contributed by atoms with Crippen LogP contribution in [0.4, 0.5) is 11.4 Å². The zero-order chi connectivity index (χ0) is 14.3. The largest absolute Gasteiger partial charge is 0.368 e. The number of likely N-dealkylation sites (N-methyl/N-ethyl adjacent to an activating group) is 1. The maximum Gasteiger partial charge on any atom is 0.299 e. The lowest BCUT2D eigenvalue weighted by molar-refractivity contribution is -0.114. The summed E-state index contributed by atoms with van der Waals surface area (Å²) in [5, 5.41) is 0. The highest BCUT2D eigenvalue weighted by Gasteiger charge is 2.35. The predicted molar refractivity (Wildman–Crippen MR) is 79.5 cm³/mol. The third-order valence-corrected chi connectivity index (χ3v) is 4.16. The zero-order valence-electron chi connectivity index (χ0n) is 12.1. The molecule has 3 rings (SSSR count). The van der Waals surface area contributed by atoms with Crippen LogP contribution in [0.25, 0.3) is 0 Å². The number of benzene rings is 1. The molecule has 2 aliphatic rings. The number of hydrogen-bond acceptors (Lipinski definition) is 3. The number of fused-ring (bicyclic) bond motifs is 1. The lowest BCUT2D eigenvalue weighted by Crippen LogP contribution is -2.27. The van der Waals surface area contributed by atoms with Gasteiger partial charge in [0.15, 0.2) is 0 Å². The fourth-order valence-corrected chi connectivity index (χ4v) is 2.78. The molecule has 1 aromatic carbocycles. The molecule has 1 aliphatic carbocycles. The highest BCUT2D eigenvalue weighted by molar-refractivity contribution is 6.52. The summed E-state index contributed by atoms with van der Waals surface area (Å²) in [6.45, 7) is 3.24. The molecular formula is C16H20N2O2. The standard InChI is InChI=1S/C16H20N2O2/c1-3-4-9-18(11-5-6-11)12-7-8-13-14(10-12)17(2)16(20)15(13)19/h7-8,10-11H,3-6,9H2,1-2H3. The molecule has 1 aliphatic heterocycles. The molecule has 1 fully saturated rings. The van der Waals surface area contributed by atoms with E-state index in [1.807, 2.05) is 12.1 Å². The SMILES string of the molecule is CCCCN(c1ccc2c(c1)N(C)C(=O)C2=O)C1CC1. The van der Waals surface area contributed by atoms with E-state index in [0.717, 1.165) is 17.9 Å². The first kappa shape index (κ1) is 13.2. The van der Waals surface area contributed by atoms with Crippen molar-refractivity contribution in [2.45, 2.75) is 38.6 Å². The molecule has 0 spiro atoms. The van der Waals surface area contributed by atoms with Gasteiger partial charge in [0.25, 0.3) is 11.7 Å². The number of Topliss-reactive ketones (excluding diaryl/α,β-unsaturated/α-hetero) is 1. The first-order valence-corrected chi connectivity index (χ1v) is 7.36. The van der Waals surface area contributed by atoms with Crippen molar-refractivity contribution in [3.63, 3.8) is 0 Å². The van der Waals surface area contributed by atoms with Crippen LogP contribution in [0.2, 0.25) is 0 Å². The van der Waals surface area contributed by atoms with Gasteiger partial charge in [0.05, 0.1) is 11.3 Å². The van der Waals surface area contributed by atoms with Crippen LogP contribution in [0.3, 0.4) is 0 Å². The highest BCUT2D eigenvalue weighted by atomic mass is 16.2. The Morgan fingerprint density at radius 3 is 2.70 bits per heavy atom. The third-order valence-electron chi connectivity index (χ3n) is 4.16. The summed E-state index contributed by atoms with van der Waals surface area (Å²) in [6, 6.07) is 6.41. The van der Waals surface area contributed by atoms with Gasteiger partial charge in [-0.2, -0.15) is 0 Å². The molecule has 4 heteroatoms. The van der Waals surface area contributed by atoms with E-state index < -0.39 is 5.91 Å². The lowest BCUT2D eigenvalue weighted by atomic mass is 10.1. The van der Waals surface area contributed by atoms with Crippen molar-refractivity contribution in [2.75, 3.05) is 23.4 Å². The van der Waals surface area contributed by atoms with Crippen molar-refractivity contribution in [1.82, 2.24) is 0 Å². The van der Waals surface area contributed by atoms with E-state index in [-0.39, 0.29) is 5.78 Å². The van der Waals surface area contributed by atoms with Gasteiger partial charge in [-0.15, -0.1) is 0 Å². The number of ketones is 1. The van der Waals surface area contributed by atoms with Crippen LogP contribution in [0.15, 0.2) is 18.2 Å². The Morgan fingerprint density at radius 1 is 1.30 bits per heavy atom. The van der Waals surface area contributed by atoms with Crippen molar-refractivity contribution in [2.24, 2.45) is 0 Å². The Bertz CT molecular complexity index is 564. The Morgan fingerprint density at radius 2 is 2.05 bits per heavy atom. The number of carbonyl (C=O) groups is 2. The minimum absolute atomic E-state index is 0.388. The monoisotopic (exact) mass is 272 g/mol. The van der Waals surface area contributed by atoms with Gasteiger partial charge in [-0.05, 0) is 37.5 Å². The van der Waals surface area contributed by atoms with Crippen LogP contribution in [0, 0.1) is 0 Å². The van der Waals surface area contributed by atoms with Crippen molar-refractivity contribution in [3.05, 3.63) is 23.8 Å². The van der Waals surface area contributed by atoms with Gasteiger partial charge in [0.1, 0.15) is 0 Å². The first-order chi connectivity index (χ1) is 9.63. The number of unbranched alkanes of at least 4 members (excludes halogenated alkanes) is 1. The summed E-state index contributed by atoms with van der Waals surface area (Å²) >= 11 is 0. The summed E-state index contributed by atoms with van der Waals surface area (Å²) in [7, 11) is 1.67. The second-order valence-corrected chi connectivity index (χ2v) is 5.67. The smallest absolute Gasteiger partial charge is 0.299 e. The van der Waals surface area contributed by atoms with Crippen LogP contribution in [-0.2, 0) is 4.79 Å². The van der Waals surface area contributed by atoms with Gasteiger partial charge in [-0.3, -0.25) is 9.59 Å². The molecule has 1 aromatic rings. The second kappa shape index (κ2) is 4.93. The van der Waals surface area contributed by atoms with Crippen molar-refractivity contribution in [3.8, 4) is 0 Å². The van der Waals surface area contributed by atoms with E-state index in [1.165, 1.54) is 30.6 Å². The highest BCUT2D eigenvalue weighted by Crippen LogP contribution is 2.36. The number of rotatable bonds is 5. The van der Waals surface area contributed by atoms with E-state index in [9.17, 15) is 9.59 Å². The summed E-state index contributed by atoms with van der Waals surface area (Å²) in [5.74, 6) is -0.815. The summed E-state index contributed by atoms with van der Waals surface area (Å²) in [4.78, 5) is 27.4. The summed E-state index contributed by atoms with van der Waals surface area (Å²) < 4.78 is 0. The normalized spacial score (nSPS) is 17.6. The average molecular weight is 272 g/mol. The van der Waals surface area contributed by atoms with Crippen LogP contribution in [0.1, 0.15) is 43.0 Å². The van der Waals surface area contributed by atoms with Gasteiger partial charge < -0.3 is 9.80 Å². The van der Waals surface area contributed by atoms with Crippen LogP contribution in [-0.4, -0.2) is 31.3 Å². The molecule has 20 heavy (non-hydrogen) atoms.